The number of nitrogens with one attached hydrogen (secondary N) is 2. The molecule has 0 radical (unpaired) electrons. The number of anilines is 2. The average molecular weight is 558 g/mol. The lowest BCUT2D eigenvalue weighted by Gasteiger charge is -2.25. The number of halogens is 2. The minimum atomic E-state index is -1.17. The quantitative estimate of drug-likeness (QED) is 0.191. The molecule has 1 atom stereocenters. The molecule has 1 aliphatic heterocycles. The summed E-state index contributed by atoms with van der Waals surface area (Å²) in [5.41, 5.74) is 6.22. The molecule has 2 aromatic heterocycles. The van der Waals surface area contributed by atoms with Gasteiger partial charge in [-0.05, 0) is 35.9 Å². The maximum atomic E-state index is 13.8. The van der Waals surface area contributed by atoms with Crippen LogP contribution in [0.25, 0.3) is 10.2 Å². The van der Waals surface area contributed by atoms with Crippen molar-refractivity contribution in [3.63, 3.8) is 0 Å². The zero-order valence-electron chi connectivity index (χ0n) is 19.9. The molecule has 0 aliphatic carbocycles. The number of urea groups is 1. The van der Waals surface area contributed by atoms with Crippen molar-refractivity contribution in [1.82, 2.24) is 25.7 Å². The van der Waals surface area contributed by atoms with Crippen LogP contribution in [-0.2, 0) is 21.9 Å². The van der Waals surface area contributed by atoms with E-state index in [0.29, 0.717) is 24.5 Å². The Bertz CT molecular complexity index is 1470. The fourth-order valence-electron chi connectivity index (χ4n) is 4.00. The summed E-state index contributed by atoms with van der Waals surface area (Å²) in [7, 11) is 1.55. The number of hydrogen-bond acceptors (Lipinski definition) is 9. The van der Waals surface area contributed by atoms with Crippen LogP contribution in [0, 0.1) is 11.6 Å². The lowest BCUT2D eigenvalue weighted by molar-refractivity contribution is -0.120. The number of carbonyl (C=O) groups excluding carboxylic acids is 2. The molecule has 3 amide bonds. The summed E-state index contributed by atoms with van der Waals surface area (Å²) in [6.45, 7) is 0.591. The monoisotopic (exact) mass is 557 g/mol. The van der Waals surface area contributed by atoms with Crippen LogP contribution < -0.4 is 20.0 Å². The van der Waals surface area contributed by atoms with Gasteiger partial charge in [0.2, 0.25) is 5.91 Å². The van der Waals surface area contributed by atoms with Crippen molar-refractivity contribution in [1.29, 1.82) is 0 Å². The van der Waals surface area contributed by atoms with Gasteiger partial charge in [0.25, 0.3) is 0 Å². The lowest BCUT2D eigenvalue weighted by atomic mass is 10.0. The number of fused-ring (bicyclic) bond motifs is 2. The van der Waals surface area contributed by atoms with Crippen LogP contribution in [0.4, 0.5) is 25.1 Å². The number of likely N-dealkylation sites (N-methyl/N-ethyl adjacent to an activating group) is 1. The molecule has 0 fully saturated rings. The maximum absolute atomic E-state index is 13.8. The molecule has 0 bridgehead atoms. The topological polar surface area (TPSA) is 113 Å². The molecule has 3 heterocycles. The van der Waals surface area contributed by atoms with E-state index in [1.54, 1.807) is 41.4 Å². The van der Waals surface area contributed by atoms with Crippen molar-refractivity contribution >= 4 is 57.2 Å². The molecule has 0 unspecified atom stereocenters. The van der Waals surface area contributed by atoms with Gasteiger partial charge in [0.1, 0.15) is 29.9 Å². The molecule has 2 aromatic carbocycles. The average Bonchev–Trinajstić information content (AvgIpc) is 3.53. The zero-order valence-corrected chi connectivity index (χ0v) is 21.6. The Hall–Kier alpha value is -3.88. The summed E-state index contributed by atoms with van der Waals surface area (Å²) in [5, 5.41) is 2.55. The Morgan fingerprint density at radius 3 is 2.76 bits per heavy atom. The van der Waals surface area contributed by atoms with E-state index in [1.165, 1.54) is 16.2 Å². The van der Waals surface area contributed by atoms with Gasteiger partial charge < -0.3 is 10.2 Å². The van der Waals surface area contributed by atoms with Gasteiger partial charge in [0.15, 0.2) is 5.82 Å². The molecular weight excluding hydrogens is 536 g/mol. The first-order valence-corrected chi connectivity index (χ1v) is 13.0. The van der Waals surface area contributed by atoms with Crippen molar-refractivity contribution in [3.8, 4) is 0 Å². The van der Waals surface area contributed by atoms with E-state index in [-0.39, 0.29) is 12.0 Å². The van der Waals surface area contributed by atoms with Gasteiger partial charge in [-0.15, -0.1) is 11.3 Å². The fourth-order valence-corrected chi connectivity index (χ4v) is 5.25. The largest absolute Gasteiger partial charge is 0.340 e. The third-order valence-electron chi connectivity index (χ3n) is 5.80. The molecule has 0 saturated carbocycles. The van der Waals surface area contributed by atoms with E-state index in [2.05, 4.69) is 25.7 Å². The SMILES string of the molecule is CN(C(=O)[C@H](Cc1cc(F)cc(F)c1)NC(=O)NOSN1CCc2nccnc21)c1ccc2scnc2c1. The number of hydroxylamine groups is 1. The Morgan fingerprint density at radius 2 is 1.95 bits per heavy atom. The standard InChI is InChI=1S/C24H21F2N7O3S2/c1-32(17-2-3-21-19(12-17)29-13-37-21)23(34)20(10-14-8-15(25)11-16(26)9-14)30-24(35)31-36-38-33-7-4-18-22(33)28-6-5-27-18/h2-3,5-6,8-9,11-13,20H,4,7,10H2,1H3,(H2,30,31,35)/t20-/m0/s1. The number of rotatable bonds is 8. The van der Waals surface area contributed by atoms with E-state index in [9.17, 15) is 18.4 Å². The Labute approximate surface area is 224 Å². The first-order chi connectivity index (χ1) is 18.4. The molecule has 4 aromatic rings. The van der Waals surface area contributed by atoms with Gasteiger partial charge in [0.05, 0.1) is 21.4 Å². The third kappa shape index (κ3) is 5.82. The van der Waals surface area contributed by atoms with Crippen molar-refractivity contribution in [2.24, 2.45) is 0 Å². The highest BCUT2D eigenvalue weighted by Crippen LogP contribution is 2.29. The van der Waals surface area contributed by atoms with Crippen LogP contribution in [0.2, 0.25) is 0 Å². The second-order valence-corrected chi connectivity index (χ2v) is 9.99. The second kappa shape index (κ2) is 11.2. The number of aromatic nitrogens is 3. The van der Waals surface area contributed by atoms with Gasteiger partial charge >= 0.3 is 6.03 Å². The second-order valence-electron chi connectivity index (χ2n) is 8.35. The number of benzene rings is 2. The molecule has 10 nitrogen and oxygen atoms in total. The number of thiazole rings is 1. The lowest BCUT2D eigenvalue weighted by Crippen LogP contribution is -2.51. The van der Waals surface area contributed by atoms with Crippen LogP contribution in [0.3, 0.4) is 0 Å². The molecule has 14 heteroatoms. The van der Waals surface area contributed by atoms with E-state index in [4.69, 9.17) is 4.28 Å². The van der Waals surface area contributed by atoms with Crippen LogP contribution in [0.1, 0.15) is 11.3 Å². The van der Waals surface area contributed by atoms with Crippen LogP contribution >= 0.6 is 23.6 Å². The van der Waals surface area contributed by atoms with Crippen LogP contribution in [0.5, 0.6) is 0 Å². The number of nitrogens with zero attached hydrogens (tertiary/aromatic N) is 5. The van der Waals surface area contributed by atoms with Gasteiger partial charge in [0, 0.05) is 50.6 Å². The van der Waals surface area contributed by atoms with Crippen molar-refractivity contribution in [2.45, 2.75) is 18.9 Å². The molecule has 0 spiro atoms. The molecule has 196 valence electrons. The van der Waals surface area contributed by atoms with Gasteiger partial charge in [-0.25, -0.2) is 29.0 Å². The zero-order chi connectivity index (χ0) is 26.6. The highest BCUT2D eigenvalue weighted by molar-refractivity contribution is 7.96. The first-order valence-electron chi connectivity index (χ1n) is 11.4. The van der Waals surface area contributed by atoms with Crippen molar-refractivity contribution in [3.05, 3.63) is 77.2 Å². The highest BCUT2D eigenvalue weighted by atomic mass is 32.2. The van der Waals surface area contributed by atoms with E-state index < -0.39 is 29.6 Å². The number of hydrogen-bond donors (Lipinski definition) is 2. The fraction of sp³-hybridized carbons (Fsp3) is 0.208. The summed E-state index contributed by atoms with van der Waals surface area (Å²) in [5.74, 6) is -1.44. The molecule has 5 rings (SSSR count). The van der Waals surface area contributed by atoms with E-state index in [1.807, 2.05) is 6.07 Å². The molecule has 1 aliphatic rings. The van der Waals surface area contributed by atoms with Crippen molar-refractivity contribution < 1.29 is 22.7 Å². The van der Waals surface area contributed by atoms with Gasteiger partial charge in [-0.2, -0.15) is 4.28 Å². The molecule has 38 heavy (non-hydrogen) atoms. The van der Waals surface area contributed by atoms with Crippen LogP contribution in [0.15, 0.2) is 54.3 Å². The van der Waals surface area contributed by atoms with Crippen LogP contribution in [-0.4, -0.2) is 46.5 Å². The Kier molecular flexibility index (Phi) is 7.62. The summed E-state index contributed by atoms with van der Waals surface area (Å²) in [6.07, 6.45) is 3.69. The molecule has 0 saturated heterocycles. The van der Waals surface area contributed by atoms with Gasteiger partial charge in [-0.3, -0.25) is 14.1 Å². The highest BCUT2D eigenvalue weighted by Gasteiger charge is 2.27. The summed E-state index contributed by atoms with van der Waals surface area (Å²) < 4.78 is 35.6. The minimum absolute atomic E-state index is 0.160. The summed E-state index contributed by atoms with van der Waals surface area (Å²) >= 11 is 2.33. The smallest absolute Gasteiger partial charge is 0.324 e. The Balaban J connectivity index is 1.27. The number of amides is 3. The minimum Gasteiger partial charge on any atom is -0.324 e. The predicted octanol–water partition coefficient (Wildman–Crippen LogP) is 3.80. The normalized spacial score (nSPS) is 13.3. The third-order valence-corrected chi connectivity index (χ3v) is 7.30. The number of carbonyl (C=O) groups is 2. The predicted molar refractivity (Wildman–Crippen MR) is 140 cm³/mol. The van der Waals surface area contributed by atoms with Gasteiger partial charge in [-0.1, -0.05) is 0 Å². The van der Waals surface area contributed by atoms with Crippen molar-refractivity contribution in [2.75, 3.05) is 22.8 Å². The maximum Gasteiger partial charge on any atom is 0.340 e. The van der Waals surface area contributed by atoms with E-state index in [0.717, 1.165) is 46.3 Å². The Morgan fingerprint density at radius 1 is 1.16 bits per heavy atom. The van der Waals surface area contributed by atoms with E-state index >= 15 is 0 Å². The molecule has 2 N–H and O–H groups in total. The summed E-state index contributed by atoms with van der Waals surface area (Å²) in [4.78, 5) is 40.2. The molecular formula is C24H21F2N7O3S2. The first kappa shape index (κ1) is 25.8. The summed E-state index contributed by atoms with van der Waals surface area (Å²) in [6, 6.07) is 6.34.